The summed E-state index contributed by atoms with van der Waals surface area (Å²) in [4.78, 5) is 12.0. The zero-order valence-electron chi connectivity index (χ0n) is 13.4. The van der Waals surface area contributed by atoms with Crippen molar-refractivity contribution >= 4 is 17.7 Å². The highest BCUT2D eigenvalue weighted by Gasteiger charge is 2.09. The summed E-state index contributed by atoms with van der Waals surface area (Å²) in [5, 5.41) is 11.8. The molecule has 1 N–H and O–H groups in total. The summed E-state index contributed by atoms with van der Waals surface area (Å²) < 4.78 is 0. The quantitative estimate of drug-likeness (QED) is 0.874. The summed E-state index contributed by atoms with van der Waals surface area (Å²) >= 11 is 1.61. The lowest BCUT2D eigenvalue weighted by Gasteiger charge is -2.14. The SMILES string of the molecule is Cc1ccc(CSCC(=O)NC(C)c2ccc(C#N)cc2)cc1. The lowest BCUT2D eigenvalue weighted by Crippen LogP contribution is -2.28. The fourth-order valence-corrected chi connectivity index (χ4v) is 2.96. The summed E-state index contributed by atoms with van der Waals surface area (Å²) in [7, 11) is 0. The van der Waals surface area contributed by atoms with Crippen LogP contribution in [0.5, 0.6) is 0 Å². The highest BCUT2D eigenvalue weighted by molar-refractivity contribution is 7.99. The first-order valence-corrected chi connectivity index (χ1v) is 8.66. The van der Waals surface area contributed by atoms with Crippen molar-refractivity contribution in [3.05, 3.63) is 70.8 Å². The Morgan fingerprint density at radius 2 is 1.83 bits per heavy atom. The van der Waals surface area contributed by atoms with Gasteiger partial charge < -0.3 is 5.32 Å². The monoisotopic (exact) mass is 324 g/mol. The van der Waals surface area contributed by atoms with Crippen molar-refractivity contribution in [1.29, 1.82) is 5.26 Å². The maximum atomic E-state index is 12.0. The van der Waals surface area contributed by atoms with Gasteiger partial charge >= 0.3 is 0 Å². The molecule has 4 heteroatoms. The van der Waals surface area contributed by atoms with Gasteiger partial charge in [0.15, 0.2) is 0 Å². The van der Waals surface area contributed by atoms with Gasteiger partial charge in [-0.2, -0.15) is 5.26 Å². The van der Waals surface area contributed by atoms with Crippen molar-refractivity contribution in [3.8, 4) is 6.07 Å². The molecule has 1 amide bonds. The van der Waals surface area contributed by atoms with Crippen LogP contribution in [0.4, 0.5) is 0 Å². The molecule has 0 spiro atoms. The van der Waals surface area contributed by atoms with Gasteiger partial charge in [0.1, 0.15) is 0 Å². The van der Waals surface area contributed by atoms with Gasteiger partial charge in [0, 0.05) is 5.75 Å². The van der Waals surface area contributed by atoms with Crippen LogP contribution >= 0.6 is 11.8 Å². The van der Waals surface area contributed by atoms with Crippen molar-refractivity contribution in [2.75, 3.05) is 5.75 Å². The van der Waals surface area contributed by atoms with E-state index in [2.05, 4.69) is 42.6 Å². The largest absolute Gasteiger partial charge is 0.349 e. The number of thioether (sulfide) groups is 1. The highest BCUT2D eigenvalue weighted by Crippen LogP contribution is 2.15. The molecule has 0 fully saturated rings. The fraction of sp³-hybridized carbons (Fsp3) is 0.263. The minimum atomic E-state index is -0.0600. The molecule has 0 aliphatic rings. The van der Waals surface area contributed by atoms with Gasteiger partial charge in [-0.05, 0) is 37.1 Å². The molecule has 2 aromatic carbocycles. The van der Waals surface area contributed by atoms with Crippen LogP contribution in [0.15, 0.2) is 48.5 Å². The van der Waals surface area contributed by atoms with Gasteiger partial charge in [0.2, 0.25) is 5.91 Å². The summed E-state index contributed by atoms with van der Waals surface area (Å²) in [6, 6.07) is 17.7. The first-order chi connectivity index (χ1) is 11.1. The molecule has 0 heterocycles. The van der Waals surface area contributed by atoms with Crippen molar-refractivity contribution in [2.45, 2.75) is 25.6 Å². The molecule has 2 rings (SSSR count). The second-order valence-corrected chi connectivity index (χ2v) is 6.49. The van der Waals surface area contributed by atoms with Gasteiger partial charge in [-0.3, -0.25) is 4.79 Å². The Hall–Kier alpha value is -2.25. The number of aryl methyl sites for hydroxylation is 1. The molecular weight excluding hydrogens is 304 g/mol. The summed E-state index contributed by atoms with van der Waals surface area (Å²) in [6.07, 6.45) is 0. The topological polar surface area (TPSA) is 52.9 Å². The van der Waals surface area contributed by atoms with Crippen LogP contribution in [0.2, 0.25) is 0 Å². The second kappa shape index (κ2) is 8.40. The third-order valence-corrected chi connectivity index (χ3v) is 4.54. The lowest BCUT2D eigenvalue weighted by atomic mass is 10.1. The third kappa shape index (κ3) is 5.46. The molecule has 0 aliphatic heterocycles. The van der Waals surface area contributed by atoms with E-state index in [9.17, 15) is 4.79 Å². The summed E-state index contributed by atoms with van der Waals surface area (Å²) in [5.41, 5.74) is 4.10. The number of nitrogens with one attached hydrogen (secondary N) is 1. The predicted molar refractivity (Wildman–Crippen MR) is 95.1 cm³/mol. The van der Waals surface area contributed by atoms with Crippen LogP contribution in [0.1, 0.15) is 35.2 Å². The maximum absolute atomic E-state index is 12.0. The van der Waals surface area contributed by atoms with E-state index in [0.29, 0.717) is 11.3 Å². The number of benzene rings is 2. The van der Waals surface area contributed by atoms with E-state index >= 15 is 0 Å². The van der Waals surface area contributed by atoms with Gasteiger partial charge in [0.05, 0.1) is 23.4 Å². The van der Waals surface area contributed by atoms with E-state index in [1.165, 1.54) is 11.1 Å². The first-order valence-electron chi connectivity index (χ1n) is 7.51. The molecule has 1 unspecified atom stereocenters. The van der Waals surface area contributed by atoms with Crippen LogP contribution in [-0.2, 0) is 10.5 Å². The predicted octanol–water partition coefficient (Wildman–Crippen LogP) is 3.98. The van der Waals surface area contributed by atoms with Gasteiger partial charge in [-0.15, -0.1) is 11.8 Å². The molecule has 0 radical (unpaired) electrons. The summed E-state index contributed by atoms with van der Waals surface area (Å²) in [6.45, 7) is 4.01. The number of nitrogens with zero attached hydrogens (tertiary/aromatic N) is 1. The molecule has 2 aromatic rings. The maximum Gasteiger partial charge on any atom is 0.230 e. The zero-order chi connectivity index (χ0) is 16.7. The van der Waals surface area contributed by atoms with E-state index in [-0.39, 0.29) is 11.9 Å². The Balaban J connectivity index is 1.77. The Morgan fingerprint density at radius 3 is 2.43 bits per heavy atom. The average Bonchev–Trinajstić information content (AvgIpc) is 2.56. The molecule has 0 bridgehead atoms. The minimum Gasteiger partial charge on any atom is -0.349 e. The average molecular weight is 324 g/mol. The van der Waals surface area contributed by atoms with Crippen molar-refractivity contribution in [3.63, 3.8) is 0 Å². The fourth-order valence-electron chi connectivity index (χ4n) is 2.16. The van der Waals surface area contributed by atoms with Crippen LogP contribution in [0.25, 0.3) is 0 Å². The Labute approximate surface area is 141 Å². The van der Waals surface area contributed by atoms with E-state index in [1.54, 1.807) is 23.9 Å². The smallest absolute Gasteiger partial charge is 0.230 e. The standard InChI is InChI=1S/C19H20N2OS/c1-14-3-5-17(6-4-14)12-23-13-19(22)21-15(2)18-9-7-16(11-20)8-10-18/h3-10,15H,12-13H2,1-2H3,(H,21,22). The van der Waals surface area contributed by atoms with Gasteiger partial charge in [-0.1, -0.05) is 42.0 Å². The molecule has 3 nitrogen and oxygen atoms in total. The van der Waals surface area contributed by atoms with E-state index in [1.807, 2.05) is 19.1 Å². The van der Waals surface area contributed by atoms with Crippen molar-refractivity contribution in [1.82, 2.24) is 5.32 Å². The molecule has 0 aliphatic carbocycles. The number of amides is 1. The zero-order valence-corrected chi connectivity index (χ0v) is 14.2. The molecule has 0 aromatic heterocycles. The van der Waals surface area contributed by atoms with Crippen LogP contribution in [0.3, 0.4) is 0 Å². The normalized spacial score (nSPS) is 11.5. The van der Waals surface area contributed by atoms with E-state index in [4.69, 9.17) is 5.26 Å². The van der Waals surface area contributed by atoms with E-state index < -0.39 is 0 Å². The van der Waals surface area contributed by atoms with Crippen LogP contribution in [-0.4, -0.2) is 11.7 Å². The van der Waals surface area contributed by atoms with Crippen molar-refractivity contribution in [2.24, 2.45) is 0 Å². The van der Waals surface area contributed by atoms with E-state index in [0.717, 1.165) is 11.3 Å². The number of rotatable bonds is 6. The number of carbonyl (C=O) groups excluding carboxylic acids is 1. The molecule has 0 saturated heterocycles. The molecule has 1 atom stereocenters. The van der Waals surface area contributed by atoms with Crippen molar-refractivity contribution < 1.29 is 4.79 Å². The molecule has 23 heavy (non-hydrogen) atoms. The van der Waals surface area contributed by atoms with Gasteiger partial charge in [-0.25, -0.2) is 0 Å². The summed E-state index contributed by atoms with van der Waals surface area (Å²) in [5.74, 6) is 1.30. The Kier molecular flexibility index (Phi) is 6.25. The third-order valence-electron chi connectivity index (χ3n) is 3.54. The molecule has 0 saturated carbocycles. The molecule has 118 valence electrons. The highest BCUT2D eigenvalue weighted by atomic mass is 32.2. The second-order valence-electron chi connectivity index (χ2n) is 5.50. The Morgan fingerprint density at radius 1 is 1.17 bits per heavy atom. The number of carbonyl (C=O) groups is 1. The van der Waals surface area contributed by atoms with Crippen LogP contribution in [0, 0.1) is 18.3 Å². The lowest BCUT2D eigenvalue weighted by molar-refractivity contribution is -0.119. The molecular formula is C19H20N2OS. The van der Waals surface area contributed by atoms with Gasteiger partial charge in [0.25, 0.3) is 0 Å². The Bertz CT molecular complexity index is 687. The number of hydrogen-bond acceptors (Lipinski definition) is 3. The number of nitriles is 1. The van der Waals surface area contributed by atoms with Crippen LogP contribution < -0.4 is 5.32 Å². The first kappa shape index (κ1) is 17.1. The number of hydrogen-bond donors (Lipinski definition) is 1. The minimum absolute atomic E-state index is 0.0268.